The summed E-state index contributed by atoms with van der Waals surface area (Å²) in [7, 11) is 2.96. The van der Waals surface area contributed by atoms with Crippen LogP contribution in [0.4, 0.5) is 0 Å². The van der Waals surface area contributed by atoms with Crippen molar-refractivity contribution in [3.63, 3.8) is 0 Å². The van der Waals surface area contributed by atoms with Crippen LogP contribution in [-0.4, -0.2) is 49.4 Å². The number of carbonyl (C=O) groups excluding carboxylic acids is 2. The Hall–Kier alpha value is -2.09. The summed E-state index contributed by atoms with van der Waals surface area (Å²) in [6, 6.07) is 9.51. The van der Waals surface area contributed by atoms with Crippen LogP contribution in [0.15, 0.2) is 36.4 Å². The third kappa shape index (κ3) is 4.89. The van der Waals surface area contributed by atoms with E-state index in [1.807, 2.05) is 6.92 Å². The van der Waals surface area contributed by atoms with E-state index in [0.717, 1.165) is 5.56 Å². The molecule has 31 heavy (non-hydrogen) atoms. The number of amides is 1. The number of nitrogens with zero attached hydrogens (tertiary/aromatic N) is 1. The molecular formula is C22H23Cl2NO5S. The summed E-state index contributed by atoms with van der Waals surface area (Å²) in [6.45, 7) is 2.20. The van der Waals surface area contributed by atoms with E-state index in [0.29, 0.717) is 33.7 Å². The molecule has 0 bridgehead atoms. The van der Waals surface area contributed by atoms with Gasteiger partial charge in [-0.05, 0) is 36.2 Å². The Kier molecular flexibility index (Phi) is 7.97. The molecule has 1 saturated heterocycles. The first kappa shape index (κ1) is 23.6. The molecular weight excluding hydrogens is 461 g/mol. The molecule has 0 saturated carbocycles. The second kappa shape index (κ2) is 10.5. The van der Waals surface area contributed by atoms with E-state index in [9.17, 15) is 9.59 Å². The maximum absolute atomic E-state index is 13.8. The van der Waals surface area contributed by atoms with Gasteiger partial charge >= 0.3 is 5.97 Å². The molecule has 6 nitrogen and oxygen atoms in total. The lowest BCUT2D eigenvalue weighted by molar-refractivity contribution is -0.148. The van der Waals surface area contributed by atoms with Crippen LogP contribution in [0.2, 0.25) is 10.0 Å². The quantitative estimate of drug-likeness (QED) is 0.502. The summed E-state index contributed by atoms with van der Waals surface area (Å²) in [4.78, 5) is 28.2. The van der Waals surface area contributed by atoms with Crippen LogP contribution >= 0.6 is 35.0 Å². The van der Waals surface area contributed by atoms with E-state index >= 15 is 0 Å². The van der Waals surface area contributed by atoms with Gasteiger partial charge in [-0.1, -0.05) is 42.3 Å². The maximum Gasteiger partial charge on any atom is 0.329 e. The summed E-state index contributed by atoms with van der Waals surface area (Å²) in [6.07, 6.45) is 0.691. The molecule has 2 atom stereocenters. The molecule has 0 N–H and O–H groups in total. The van der Waals surface area contributed by atoms with E-state index < -0.39 is 23.3 Å². The first-order valence-corrected chi connectivity index (χ1v) is 11.5. The highest BCUT2D eigenvalue weighted by molar-refractivity contribution is 7.99. The molecule has 1 amide bonds. The van der Waals surface area contributed by atoms with Gasteiger partial charge in [0.2, 0.25) is 0 Å². The van der Waals surface area contributed by atoms with Gasteiger partial charge in [0.15, 0.2) is 0 Å². The lowest BCUT2D eigenvalue weighted by atomic mass is 10.1. The maximum atomic E-state index is 13.8. The van der Waals surface area contributed by atoms with E-state index in [-0.39, 0.29) is 12.2 Å². The van der Waals surface area contributed by atoms with Crippen LogP contribution in [0.1, 0.15) is 34.6 Å². The average Bonchev–Trinajstić information content (AvgIpc) is 3.23. The molecule has 9 heteroatoms. The van der Waals surface area contributed by atoms with E-state index in [1.165, 1.54) is 30.9 Å². The summed E-state index contributed by atoms with van der Waals surface area (Å²) < 4.78 is 16.2. The van der Waals surface area contributed by atoms with Gasteiger partial charge in [0.05, 0.1) is 30.9 Å². The molecule has 3 rings (SSSR count). The van der Waals surface area contributed by atoms with Crippen LogP contribution in [-0.2, 0) is 9.53 Å². The number of hydrogen-bond acceptors (Lipinski definition) is 6. The van der Waals surface area contributed by atoms with Crippen LogP contribution in [0.3, 0.4) is 0 Å². The Morgan fingerprint density at radius 2 is 1.77 bits per heavy atom. The van der Waals surface area contributed by atoms with Crippen LogP contribution in [0, 0.1) is 0 Å². The number of ether oxygens (including phenoxy) is 3. The van der Waals surface area contributed by atoms with Gasteiger partial charge < -0.3 is 19.1 Å². The van der Waals surface area contributed by atoms with Gasteiger partial charge in [0.25, 0.3) is 5.91 Å². The van der Waals surface area contributed by atoms with Crippen molar-refractivity contribution in [3.8, 4) is 11.5 Å². The summed E-state index contributed by atoms with van der Waals surface area (Å²) >= 11 is 13.8. The van der Waals surface area contributed by atoms with Crippen LogP contribution < -0.4 is 9.47 Å². The molecule has 1 aliphatic heterocycles. The molecule has 0 aliphatic carbocycles. The first-order valence-electron chi connectivity index (χ1n) is 9.69. The molecule has 1 heterocycles. The zero-order chi connectivity index (χ0) is 22.5. The second-order valence-corrected chi connectivity index (χ2v) is 8.72. The van der Waals surface area contributed by atoms with Gasteiger partial charge in [-0.15, -0.1) is 11.8 Å². The lowest BCUT2D eigenvalue weighted by Gasteiger charge is -2.29. The van der Waals surface area contributed by atoms with Gasteiger partial charge in [0, 0.05) is 5.75 Å². The molecule has 1 aliphatic rings. The van der Waals surface area contributed by atoms with Crippen LogP contribution in [0.25, 0.3) is 0 Å². The molecule has 2 unspecified atom stereocenters. The third-order valence-corrected chi connectivity index (χ3v) is 6.89. The predicted molar refractivity (Wildman–Crippen MR) is 122 cm³/mol. The Balaban J connectivity index is 2.07. The third-order valence-electron chi connectivity index (χ3n) is 4.83. The fourth-order valence-electron chi connectivity index (χ4n) is 3.35. The summed E-state index contributed by atoms with van der Waals surface area (Å²) in [5.41, 5.74) is 1.00. The number of methoxy groups -OCH3 is 2. The minimum atomic E-state index is -0.766. The van der Waals surface area contributed by atoms with E-state index in [2.05, 4.69) is 0 Å². The van der Waals surface area contributed by atoms with Crippen molar-refractivity contribution < 1.29 is 23.8 Å². The molecule has 0 spiro atoms. The summed E-state index contributed by atoms with van der Waals surface area (Å²) in [5.74, 6) is 0.258. The van der Waals surface area contributed by atoms with Gasteiger partial charge in [-0.2, -0.15) is 0 Å². The van der Waals surface area contributed by atoms with Crippen molar-refractivity contribution in [3.05, 3.63) is 57.6 Å². The molecule has 0 radical (unpaired) electrons. The molecule has 2 aromatic carbocycles. The van der Waals surface area contributed by atoms with E-state index in [1.54, 1.807) is 36.4 Å². The normalized spacial score (nSPS) is 18.0. The summed E-state index contributed by atoms with van der Waals surface area (Å²) in [5, 5.41) is 0.326. The lowest BCUT2D eigenvalue weighted by Crippen LogP contribution is -2.44. The fourth-order valence-corrected chi connectivity index (χ4v) is 5.06. The van der Waals surface area contributed by atoms with Gasteiger partial charge in [0.1, 0.15) is 28.5 Å². The fraction of sp³-hybridized carbons (Fsp3) is 0.364. The topological polar surface area (TPSA) is 65.1 Å². The molecule has 0 aromatic heterocycles. The second-order valence-electron chi connectivity index (χ2n) is 6.79. The zero-order valence-electron chi connectivity index (χ0n) is 17.4. The van der Waals surface area contributed by atoms with Crippen molar-refractivity contribution >= 4 is 46.8 Å². The smallest absolute Gasteiger partial charge is 0.329 e. The Labute approximate surface area is 195 Å². The minimum Gasteiger partial charge on any atom is -0.496 e. The van der Waals surface area contributed by atoms with E-state index in [4.69, 9.17) is 37.4 Å². The highest BCUT2D eigenvalue weighted by Crippen LogP contribution is 2.45. The zero-order valence-corrected chi connectivity index (χ0v) is 19.7. The SMILES string of the molecule is CCCOC(=O)C1CSC(c2ccc(Cl)c(Cl)c2)N1C(=O)c1c(OC)cccc1OC. The minimum absolute atomic E-state index is 0.244. The van der Waals surface area contributed by atoms with Gasteiger partial charge in [-0.3, -0.25) is 4.79 Å². The van der Waals surface area contributed by atoms with Crippen molar-refractivity contribution in [1.29, 1.82) is 0 Å². The van der Waals surface area contributed by atoms with Crippen molar-refractivity contribution in [1.82, 2.24) is 4.90 Å². The number of esters is 1. The van der Waals surface area contributed by atoms with Crippen molar-refractivity contribution in [2.45, 2.75) is 24.8 Å². The number of hydrogen-bond donors (Lipinski definition) is 0. The number of benzene rings is 2. The number of rotatable bonds is 7. The van der Waals surface area contributed by atoms with Crippen molar-refractivity contribution in [2.24, 2.45) is 0 Å². The highest BCUT2D eigenvalue weighted by Gasteiger charge is 2.45. The standard InChI is InChI=1S/C22H23Cl2NO5S/c1-4-10-30-22(27)16-12-31-21(13-8-9-14(23)15(24)11-13)25(16)20(26)19-17(28-2)6-5-7-18(19)29-3/h5-9,11,16,21H,4,10,12H2,1-3H3. The number of carbonyl (C=O) groups is 2. The largest absolute Gasteiger partial charge is 0.496 e. The molecule has 1 fully saturated rings. The van der Waals surface area contributed by atoms with Crippen molar-refractivity contribution in [2.75, 3.05) is 26.6 Å². The average molecular weight is 484 g/mol. The monoisotopic (exact) mass is 483 g/mol. The number of halogens is 2. The predicted octanol–water partition coefficient (Wildman–Crippen LogP) is 5.22. The Morgan fingerprint density at radius 1 is 1.10 bits per heavy atom. The molecule has 2 aromatic rings. The highest BCUT2D eigenvalue weighted by atomic mass is 35.5. The van der Waals surface area contributed by atoms with Crippen LogP contribution in [0.5, 0.6) is 11.5 Å². The number of thioether (sulfide) groups is 1. The Morgan fingerprint density at radius 3 is 2.35 bits per heavy atom. The first-order chi connectivity index (χ1) is 14.9. The van der Waals surface area contributed by atoms with Gasteiger partial charge in [-0.25, -0.2) is 4.79 Å². The molecule has 166 valence electrons. The Bertz CT molecular complexity index is 949.